The Morgan fingerprint density at radius 3 is 2.85 bits per heavy atom. The van der Waals surface area contributed by atoms with Crippen LogP contribution in [0.1, 0.15) is 12.5 Å². The van der Waals surface area contributed by atoms with Crippen LogP contribution >= 0.6 is 15.9 Å². The zero-order valence-electron chi connectivity index (χ0n) is 10.8. The van der Waals surface area contributed by atoms with Gasteiger partial charge in [-0.1, -0.05) is 0 Å². The van der Waals surface area contributed by atoms with Gasteiger partial charge in [0.15, 0.2) is 0 Å². The normalized spacial score (nSPS) is 20.6. The van der Waals surface area contributed by atoms with Crippen molar-refractivity contribution in [2.75, 3.05) is 13.1 Å². The number of aryl methyl sites for hydroxylation is 1. The van der Waals surface area contributed by atoms with Crippen molar-refractivity contribution in [3.63, 3.8) is 0 Å². The summed E-state index contributed by atoms with van der Waals surface area (Å²) in [6.45, 7) is 0.903. The average Bonchev–Trinajstić information content (AvgIpc) is 3.07. The number of hydrogen-bond acceptors (Lipinski definition) is 4. The topological polar surface area (TPSA) is 73.0 Å². The second-order valence-corrected chi connectivity index (χ2v) is 7.51. The Bertz CT molecular complexity index is 723. The molecule has 108 valence electrons. The van der Waals surface area contributed by atoms with Crippen LogP contribution in [0.4, 0.5) is 0 Å². The van der Waals surface area contributed by atoms with Gasteiger partial charge in [0.25, 0.3) is 10.0 Å². The molecule has 0 aromatic carbocycles. The molecule has 1 unspecified atom stereocenters. The van der Waals surface area contributed by atoms with Crippen LogP contribution in [0.5, 0.6) is 0 Å². The molecule has 1 fully saturated rings. The number of rotatable bonds is 3. The van der Waals surface area contributed by atoms with E-state index in [1.54, 1.807) is 24.1 Å². The largest absolute Gasteiger partial charge is 0.324 e. The number of hydrogen-bond donors (Lipinski definition) is 0. The molecular formula is C11H14BrN5O2S. The molecule has 3 heterocycles. The predicted molar refractivity (Wildman–Crippen MR) is 75.5 cm³/mol. The van der Waals surface area contributed by atoms with Gasteiger partial charge < -0.3 is 4.57 Å². The van der Waals surface area contributed by atoms with Crippen molar-refractivity contribution >= 4 is 26.0 Å². The van der Waals surface area contributed by atoms with E-state index in [1.165, 1.54) is 15.1 Å². The van der Waals surface area contributed by atoms with Gasteiger partial charge in [-0.05, 0) is 22.4 Å². The first kappa shape index (κ1) is 13.8. The van der Waals surface area contributed by atoms with Crippen LogP contribution in [0.3, 0.4) is 0 Å². The summed E-state index contributed by atoms with van der Waals surface area (Å²) in [5.41, 5.74) is 0. The first-order valence-corrected chi connectivity index (χ1v) is 8.39. The monoisotopic (exact) mass is 359 g/mol. The zero-order chi connectivity index (χ0) is 14.3. The number of sulfonamides is 1. The molecule has 2 aromatic heterocycles. The Kier molecular flexibility index (Phi) is 3.43. The van der Waals surface area contributed by atoms with Crippen molar-refractivity contribution < 1.29 is 8.42 Å². The van der Waals surface area contributed by atoms with Gasteiger partial charge in [-0.15, -0.1) is 0 Å². The quantitative estimate of drug-likeness (QED) is 0.819. The Morgan fingerprint density at radius 2 is 2.25 bits per heavy atom. The smallest absolute Gasteiger partial charge is 0.277 e. The maximum Gasteiger partial charge on any atom is 0.277 e. The standard InChI is InChI=1S/C11H14BrN5O2S/c1-15-5-3-13-11(15)20(18,19)16-4-2-10(8-16)17-7-9(12)6-14-17/h3,5-7,10H,2,4,8H2,1H3. The number of aromatic nitrogens is 4. The highest BCUT2D eigenvalue weighted by molar-refractivity contribution is 9.10. The second-order valence-electron chi connectivity index (χ2n) is 4.76. The van der Waals surface area contributed by atoms with E-state index >= 15 is 0 Å². The molecular weight excluding hydrogens is 346 g/mol. The lowest BCUT2D eigenvalue weighted by atomic mass is 10.3. The molecule has 0 radical (unpaired) electrons. The lowest BCUT2D eigenvalue weighted by Crippen LogP contribution is -2.31. The van der Waals surface area contributed by atoms with E-state index in [0.717, 1.165) is 10.9 Å². The fourth-order valence-electron chi connectivity index (χ4n) is 2.38. The van der Waals surface area contributed by atoms with Gasteiger partial charge in [0.05, 0.1) is 16.7 Å². The maximum atomic E-state index is 12.5. The van der Waals surface area contributed by atoms with Gasteiger partial charge in [-0.25, -0.2) is 13.4 Å². The van der Waals surface area contributed by atoms with Gasteiger partial charge in [0, 0.05) is 38.7 Å². The molecule has 9 heteroatoms. The summed E-state index contributed by atoms with van der Waals surface area (Å²) in [4.78, 5) is 3.94. The molecule has 1 aliphatic rings. The van der Waals surface area contributed by atoms with Crippen LogP contribution in [0.2, 0.25) is 0 Å². The molecule has 1 atom stereocenters. The minimum absolute atomic E-state index is 0.0661. The van der Waals surface area contributed by atoms with Crippen molar-refractivity contribution in [2.45, 2.75) is 17.6 Å². The first-order chi connectivity index (χ1) is 9.48. The summed E-state index contributed by atoms with van der Waals surface area (Å²) in [6.07, 6.45) is 7.44. The lowest BCUT2D eigenvalue weighted by molar-refractivity contribution is 0.429. The summed E-state index contributed by atoms with van der Waals surface area (Å²) < 4.78 is 30.7. The number of halogens is 1. The van der Waals surface area contributed by atoms with Crippen molar-refractivity contribution in [1.29, 1.82) is 0 Å². The molecule has 2 aromatic rings. The highest BCUT2D eigenvalue weighted by atomic mass is 79.9. The van der Waals surface area contributed by atoms with Crippen LogP contribution in [-0.4, -0.2) is 45.1 Å². The molecule has 20 heavy (non-hydrogen) atoms. The summed E-state index contributed by atoms with van der Waals surface area (Å²) in [5.74, 6) is 0. The molecule has 3 rings (SSSR count). The Balaban J connectivity index is 1.82. The van der Waals surface area contributed by atoms with Gasteiger partial charge >= 0.3 is 0 Å². The zero-order valence-corrected chi connectivity index (χ0v) is 13.2. The van der Waals surface area contributed by atoms with E-state index in [4.69, 9.17) is 0 Å². The third-order valence-corrected chi connectivity index (χ3v) is 5.69. The molecule has 0 amide bonds. The molecule has 0 bridgehead atoms. The van der Waals surface area contributed by atoms with Crippen LogP contribution < -0.4 is 0 Å². The average molecular weight is 360 g/mol. The molecule has 0 N–H and O–H groups in total. The summed E-state index contributed by atoms with van der Waals surface area (Å²) >= 11 is 3.35. The van der Waals surface area contributed by atoms with Crippen molar-refractivity contribution in [3.05, 3.63) is 29.3 Å². The van der Waals surface area contributed by atoms with Crippen LogP contribution in [-0.2, 0) is 17.1 Å². The van der Waals surface area contributed by atoms with E-state index in [2.05, 4.69) is 26.0 Å². The number of imidazole rings is 1. The highest BCUT2D eigenvalue weighted by Crippen LogP contribution is 2.26. The SMILES string of the molecule is Cn1ccnc1S(=O)(=O)N1CCC(n2cc(Br)cn2)C1. The van der Waals surface area contributed by atoms with Crippen molar-refractivity contribution in [3.8, 4) is 0 Å². The fourth-order valence-corrected chi connectivity index (χ4v) is 4.24. The van der Waals surface area contributed by atoms with Crippen LogP contribution in [0, 0.1) is 0 Å². The minimum Gasteiger partial charge on any atom is -0.324 e. The summed E-state index contributed by atoms with van der Waals surface area (Å²) in [5, 5.41) is 4.31. The molecule has 0 saturated carbocycles. The second kappa shape index (κ2) is 4.97. The Hall–Kier alpha value is -1.19. The molecule has 1 saturated heterocycles. The van der Waals surface area contributed by atoms with Gasteiger partial charge in [0.2, 0.25) is 5.16 Å². The predicted octanol–water partition coefficient (Wildman–Crippen LogP) is 1.01. The van der Waals surface area contributed by atoms with Gasteiger partial charge in [-0.2, -0.15) is 9.40 Å². The van der Waals surface area contributed by atoms with E-state index in [1.807, 2.05) is 6.20 Å². The van der Waals surface area contributed by atoms with Gasteiger partial charge in [0.1, 0.15) is 0 Å². The van der Waals surface area contributed by atoms with Crippen molar-refractivity contribution in [2.24, 2.45) is 7.05 Å². The van der Waals surface area contributed by atoms with Crippen LogP contribution in [0.15, 0.2) is 34.4 Å². The third-order valence-electron chi connectivity index (χ3n) is 3.42. The lowest BCUT2D eigenvalue weighted by Gasteiger charge is -2.16. The third kappa shape index (κ3) is 2.29. The van der Waals surface area contributed by atoms with E-state index in [9.17, 15) is 8.42 Å². The minimum atomic E-state index is -3.53. The van der Waals surface area contributed by atoms with Crippen LogP contribution in [0.25, 0.3) is 0 Å². The number of nitrogens with zero attached hydrogens (tertiary/aromatic N) is 5. The first-order valence-electron chi connectivity index (χ1n) is 6.15. The van der Waals surface area contributed by atoms with E-state index in [0.29, 0.717) is 13.1 Å². The molecule has 1 aliphatic heterocycles. The fraction of sp³-hybridized carbons (Fsp3) is 0.455. The highest BCUT2D eigenvalue weighted by Gasteiger charge is 2.35. The van der Waals surface area contributed by atoms with Crippen molar-refractivity contribution in [1.82, 2.24) is 23.6 Å². The summed E-state index contributed by atoms with van der Waals surface area (Å²) in [7, 11) is -1.85. The molecule has 7 nitrogen and oxygen atoms in total. The Morgan fingerprint density at radius 1 is 1.45 bits per heavy atom. The summed E-state index contributed by atoms with van der Waals surface area (Å²) in [6, 6.07) is 0.0661. The molecule has 0 spiro atoms. The van der Waals surface area contributed by atoms with Gasteiger partial charge in [-0.3, -0.25) is 4.68 Å². The van der Waals surface area contributed by atoms with E-state index in [-0.39, 0.29) is 11.2 Å². The van der Waals surface area contributed by atoms with E-state index < -0.39 is 10.0 Å². The Labute approximate surface area is 125 Å². The maximum absolute atomic E-state index is 12.5. The molecule has 0 aliphatic carbocycles.